The molecule has 0 aliphatic heterocycles. The van der Waals surface area contributed by atoms with Gasteiger partial charge in [0.05, 0.1) is 0 Å². The van der Waals surface area contributed by atoms with Gasteiger partial charge in [-0.25, -0.2) is 0 Å². The Morgan fingerprint density at radius 3 is 2.50 bits per heavy atom. The van der Waals surface area contributed by atoms with E-state index in [4.69, 9.17) is 0 Å². The van der Waals surface area contributed by atoms with Crippen molar-refractivity contribution in [3.05, 3.63) is 24.3 Å². The SMILES string of the molecule is CC=CC=CCCC. The Bertz CT molecular complexity index is 78.0. The van der Waals surface area contributed by atoms with Gasteiger partial charge in [0, 0.05) is 0 Å². The fourth-order valence-corrected chi connectivity index (χ4v) is 0.453. The number of unbranched alkanes of at least 4 members (excludes halogenated alkanes) is 1. The van der Waals surface area contributed by atoms with Crippen LogP contribution in [0.1, 0.15) is 26.7 Å². The van der Waals surface area contributed by atoms with Gasteiger partial charge in [-0.05, 0) is 13.3 Å². The number of hydrogen-bond acceptors (Lipinski definition) is 0. The van der Waals surface area contributed by atoms with E-state index in [2.05, 4.69) is 25.2 Å². The second-order valence-corrected chi connectivity index (χ2v) is 1.74. The van der Waals surface area contributed by atoms with Crippen LogP contribution in [0.15, 0.2) is 24.3 Å². The van der Waals surface area contributed by atoms with Gasteiger partial charge in [-0.3, -0.25) is 0 Å². The highest BCUT2D eigenvalue weighted by atomic mass is 13.7. The van der Waals surface area contributed by atoms with Crippen LogP contribution in [0.25, 0.3) is 0 Å². The fourth-order valence-electron chi connectivity index (χ4n) is 0.453. The first-order chi connectivity index (χ1) is 3.91. The summed E-state index contributed by atoms with van der Waals surface area (Å²) < 4.78 is 0. The summed E-state index contributed by atoms with van der Waals surface area (Å²) >= 11 is 0. The molecule has 0 spiro atoms. The van der Waals surface area contributed by atoms with Crippen molar-refractivity contribution in [2.24, 2.45) is 0 Å². The topological polar surface area (TPSA) is 0 Å². The molecule has 0 aliphatic rings. The molecule has 0 heteroatoms. The average molecular weight is 110 g/mol. The van der Waals surface area contributed by atoms with Gasteiger partial charge in [0.1, 0.15) is 0 Å². The van der Waals surface area contributed by atoms with Crippen molar-refractivity contribution in [2.45, 2.75) is 26.7 Å². The maximum atomic E-state index is 2.18. The Labute approximate surface area is 51.9 Å². The van der Waals surface area contributed by atoms with E-state index >= 15 is 0 Å². The summed E-state index contributed by atoms with van der Waals surface area (Å²) in [6, 6.07) is 0. The molecule has 0 fully saturated rings. The summed E-state index contributed by atoms with van der Waals surface area (Å²) in [6.45, 7) is 4.20. The van der Waals surface area contributed by atoms with Gasteiger partial charge in [0.2, 0.25) is 0 Å². The Morgan fingerprint density at radius 2 is 2.00 bits per heavy atom. The molecule has 0 aromatic rings. The van der Waals surface area contributed by atoms with Gasteiger partial charge in [0.15, 0.2) is 0 Å². The van der Waals surface area contributed by atoms with Crippen LogP contribution in [-0.2, 0) is 0 Å². The molecule has 0 aromatic carbocycles. The van der Waals surface area contributed by atoms with Gasteiger partial charge in [-0.15, -0.1) is 0 Å². The molecule has 0 N–H and O–H groups in total. The van der Waals surface area contributed by atoms with E-state index < -0.39 is 0 Å². The van der Waals surface area contributed by atoms with Crippen LogP contribution >= 0.6 is 0 Å². The van der Waals surface area contributed by atoms with E-state index in [0.29, 0.717) is 0 Å². The number of rotatable bonds is 3. The molecule has 0 saturated carbocycles. The highest BCUT2D eigenvalue weighted by Crippen LogP contribution is 1.87. The Morgan fingerprint density at radius 1 is 1.25 bits per heavy atom. The molecule has 8 heavy (non-hydrogen) atoms. The lowest BCUT2D eigenvalue weighted by Crippen LogP contribution is -1.57. The van der Waals surface area contributed by atoms with E-state index in [1.165, 1.54) is 12.8 Å². The largest absolute Gasteiger partial charge is 0.0877 e. The van der Waals surface area contributed by atoms with Gasteiger partial charge < -0.3 is 0 Å². The smallest absolute Gasteiger partial charge is 0.0350 e. The number of hydrogen-bond donors (Lipinski definition) is 0. The van der Waals surface area contributed by atoms with Crippen LogP contribution in [0, 0.1) is 0 Å². The Kier molecular flexibility index (Phi) is 6.06. The van der Waals surface area contributed by atoms with Crippen molar-refractivity contribution in [3.63, 3.8) is 0 Å². The minimum absolute atomic E-state index is 1.20. The molecule has 0 atom stereocenters. The Balaban J connectivity index is 3.07. The quantitative estimate of drug-likeness (QED) is 0.490. The van der Waals surface area contributed by atoms with E-state index in [1.807, 2.05) is 13.0 Å². The summed E-state index contributed by atoms with van der Waals surface area (Å²) in [5.74, 6) is 0. The first kappa shape index (κ1) is 7.48. The summed E-state index contributed by atoms with van der Waals surface area (Å²) in [6.07, 6.45) is 10.8. The molecule has 0 unspecified atom stereocenters. The summed E-state index contributed by atoms with van der Waals surface area (Å²) in [7, 11) is 0. The molecule has 0 rings (SSSR count). The van der Waals surface area contributed by atoms with Crippen molar-refractivity contribution in [3.8, 4) is 0 Å². The third-order valence-corrected chi connectivity index (χ3v) is 0.895. The van der Waals surface area contributed by atoms with Gasteiger partial charge >= 0.3 is 0 Å². The average Bonchev–Trinajstić information content (AvgIpc) is 1.81. The number of allylic oxidation sites excluding steroid dienone is 4. The van der Waals surface area contributed by atoms with E-state index in [1.54, 1.807) is 0 Å². The molecule has 0 radical (unpaired) electrons. The molecule has 0 heterocycles. The second kappa shape index (κ2) is 6.48. The third kappa shape index (κ3) is 5.48. The standard InChI is InChI=1S/C8H14/c1-3-5-7-8-6-4-2/h3,5,7-8H,4,6H2,1-2H3. The highest BCUT2D eigenvalue weighted by Gasteiger charge is 1.67. The maximum Gasteiger partial charge on any atom is -0.0350 e. The predicted octanol–water partition coefficient (Wildman–Crippen LogP) is 2.92. The van der Waals surface area contributed by atoms with Gasteiger partial charge in [-0.2, -0.15) is 0 Å². The van der Waals surface area contributed by atoms with Crippen molar-refractivity contribution in [1.29, 1.82) is 0 Å². The first-order valence-electron chi connectivity index (χ1n) is 3.19. The van der Waals surface area contributed by atoms with Gasteiger partial charge in [0.25, 0.3) is 0 Å². The Hall–Kier alpha value is -0.520. The van der Waals surface area contributed by atoms with E-state index in [0.717, 1.165) is 0 Å². The molecule has 0 nitrogen and oxygen atoms in total. The summed E-state index contributed by atoms with van der Waals surface area (Å²) in [5.41, 5.74) is 0. The minimum Gasteiger partial charge on any atom is -0.0877 e. The van der Waals surface area contributed by atoms with Crippen molar-refractivity contribution in [2.75, 3.05) is 0 Å². The molecule has 46 valence electrons. The lowest BCUT2D eigenvalue weighted by molar-refractivity contribution is 0.959. The van der Waals surface area contributed by atoms with Crippen LogP contribution in [-0.4, -0.2) is 0 Å². The third-order valence-electron chi connectivity index (χ3n) is 0.895. The molecular formula is C8H14. The van der Waals surface area contributed by atoms with Crippen LogP contribution in [0.2, 0.25) is 0 Å². The van der Waals surface area contributed by atoms with E-state index in [-0.39, 0.29) is 0 Å². The zero-order valence-electron chi connectivity index (χ0n) is 5.72. The van der Waals surface area contributed by atoms with Crippen LogP contribution in [0.5, 0.6) is 0 Å². The zero-order valence-corrected chi connectivity index (χ0v) is 5.72. The summed E-state index contributed by atoms with van der Waals surface area (Å²) in [4.78, 5) is 0. The van der Waals surface area contributed by atoms with Crippen molar-refractivity contribution < 1.29 is 0 Å². The second-order valence-electron chi connectivity index (χ2n) is 1.74. The fraction of sp³-hybridized carbons (Fsp3) is 0.500. The first-order valence-corrected chi connectivity index (χ1v) is 3.19. The van der Waals surface area contributed by atoms with Crippen LogP contribution in [0.3, 0.4) is 0 Å². The van der Waals surface area contributed by atoms with Gasteiger partial charge in [-0.1, -0.05) is 37.6 Å². The molecule has 0 aliphatic carbocycles. The lowest BCUT2D eigenvalue weighted by Gasteiger charge is -1.78. The molecule has 0 saturated heterocycles. The van der Waals surface area contributed by atoms with Crippen LogP contribution < -0.4 is 0 Å². The summed E-state index contributed by atoms with van der Waals surface area (Å²) in [5, 5.41) is 0. The van der Waals surface area contributed by atoms with Crippen molar-refractivity contribution >= 4 is 0 Å². The van der Waals surface area contributed by atoms with Crippen LogP contribution in [0.4, 0.5) is 0 Å². The monoisotopic (exact) mass is 110 g/mol. The zero-order chi connectivity index (χ0) is 6.24. The lowest BCUT2D eigenvalue weighted by atomic mass is 10.3. The molecule has 0 amide bonds. The van der Waals surface area contributed by atoms with Crippen molar-refractivity contribution in [1.82, 2.24) is 0 Å². The molecule has 0 bridgehead atoms. The normalized spacial score (nSPS) is 11.8. The minimum atomic E-state index is 1.20. The molecular weight excluding hydrogens is 96.1 g/mol. The van der Waals surface area contributed by atoms with E-state index in [9.17, 15) is 0 Å². The molecule has 0 aromatic heterocycles. The highest BCUT2D eigenvalue weighted by molar-refractivity contribution is 5.00. The maximum absolute atomic E-state index is 2.18. The predicted molar refractivity (Wildman–Crippen MR) is 38.9 cm³/mol.